The number of rotatable bonds is 1. The Kier molecular flexibility index (Phi) is 1.79. The fourth-order valence-electron chi connectivity index (χ4n) is 0.0913. The Hall–Kier alpha value is -0.550. The molecule has 0 amide bonds. The summed E-state index contributed by atoms with van der Waals surface area (Å²) in [5.41, 5.74) is -1.01. The van der Waals surface area contributed by atoms with Crippen molar-refractivity contribution in [2.75, 3.05) is 0 Å². The Morgan fingerprint density at radius 1 is 1.86 bits per heavy atom. The van der Waals surface area contributed by atoms with Crippen molar-refractivity contribution in [2.45, 2.75) is 26.0 Å². The third kappa shape index (κ3) is 2.18. The molecular formula is C5H10NO+. The molecule has 0 aliphatic heterocycles. The van der Waals surface area contributed by atoms with Crippen molar-refractivity contribution in [1.29, 1.82) is 0 Å². The summed E-state index contributed by atoms with van der Waals surface area (Å²) in [5, 5.41) is 8.84. The van der Waals surface area contributed by atoms with Crippen LogP contribution in [-0.2, 0) is 0 Å². The second kappa shape index (κ2) is 1.94. The fourth-order valence-corrected chi connectivity index (χ4v) is 0.0913. The molecule has 7 heavy (non-hydrogen) atoms. The topological polar surface area (TPSA) is 24.6 Å². The van der Waals surface area contributed by atoms with Crippen molar-refractivity contribution >= 4 is 0 Å². The smallest absolute Gasteiger partial charge is 0.321 e. The van der Waals surface area contributed by atoms with Gasteiger partial charge in [-0.1, -0.05) is 6.92 Å². The first-order valence-corrected chi connectivity index (χ1v) is 2.27. The van der Waals surface area contributed by atoms with E-state index in [0.717, 1.165) is 0 Å². The Morgan fingerprint density at radius 2 is 2.29 bits per heavy atom. The van der Waals surface area contributed by atoms with Gasteiger partial charge in [-0.15, -0.1) is 0 Å². The average molecular weight is 100 g/mol. The van der Waals surface area contributed by atoms with Gasteiger partial charge in [0.05, 0.1) is 6.42 Å². The van der Waals surface area contributed by atoms with Crippen LogP contribution in [0.4, 0.5) is 0 Å². The molecule has 2 heteroatoms. The van der Waals surface area contributed by atoms with Crippen LogP contribution in [0.25, 0.3) is 4.85 Å². The lowest BCUT2D eigenvalue weighted by Crippen LogP contribution is -2.15. The highest BCUT2D eigenvalue weighted by molar-refractivity contribution is 4.83. The predicted molar refractivity (Wildman–Crippen MR) is 29.2 cm³/mol. The number of nitrogens with zero attached hydrogens (tertiary/aromatic N) is 1. The molecule has 0 aliphatic rings. The van der Waals surface area contributed by atoms with Gasteiger partial charge in [0.15, 0.2) is 0 Å². The highest BCUT2D eigenvalue weighted by Gasteiger charge is 2.26. The van der Waals surface area contributed by atoms with E-state index in [1.807, 2.05) is 6.92 Å². The van der Waals surface area contributed by atoms with Gasteiger partial charge in [-0.3, -0.25) is 0 Å². The molecule has 0 spiro atoms. The molecule has 0 saturated heterocycles. The summed E-state index contributed by atoms with van der Waals surface area (Å²) in [4.78, 5) is 3.19. The molecule has 0 fully saturated rings. The molecule has 0 aliphatic carbocycles. The van der Waals surface area contributed by atoms with Crippen LogP contribution in [0.1, 0.15) is 20.3 Å². The maximum absolute atomic E-state index is 8.84. The Morgan fingerprint density at radius 3 is 2.29 bits per heavy atom. The van der Waals surface area contributed by atoms with E-state index in [-0.39, 0.29) is 0 Å². The molecule has 1 atom stereocenters. The van der Waals surface area contributed by atoms with E-state index in [1.54, 1.807) is 6.92 Å². The van der Waals surface area contributed by atoms with Crippen LogP contribution in [0.3, 0.4) is 0 Å². The minimum absolute atomic E-state index is 0.559. The Bertz CT molecular complexity index is 90.7. The van der Waals surface area contributed by atoms with Crippen molar-refractivity contribution in [1.82, 2.24) is 0 Å². The SMILES string of the molecule is C#[N+]C(C)(O)CC. The van der Waals surface area contributed by atoms with Crippen LogP contribution in [0.5, 0.6) is 0 Å². The summed E-state index contributed by atoms with van der Waals surface area (Å²) in [6, 6.07) is 0. The lowest BCUT2D eigenvalue weighted by molar-refractivity contribution is 0.105. The quantitative estimate of drug-likeness (QED) is 0.523. The largest absolute Gasteiger partial charge is 0.379 e. The van der Waals surface area contributed by atoms with E-state index in [0.29, 0.717) is 6.42 Å². The van der Waals surface area contributed by atoms with Gasteiger partial charge < -0.3 is 5.11 Å². The molecule has 0 aromatic carbocycles. The minimum atomic E-state index is -1.01. The van der Waals surface area contributed by atoms with E-state index in [1.165, 1.54) is 0 Å². The van der Waals surface area contributed by atoms with Crippen LogP contribution in [0.2, 0.25) is 0 Å². The molecule has 2 nitrogen and oxygen atoms in total. The van der Waals surface area contributed by atoms with Gasteiger partial charge in [-0.2, -0.15) is 0 Å². The van der Waals surface area contributed by atoms with Gasteiger partial charge in [0.1, 0.15) is 0 Å². The van der Waals surface area contributed by atoms with Crippen LogP contribution in [0, 0.1) is 6.57 Å². The van der Waals surface area contributed by atoms with E-state index >= 15 is 0 Å². The maximum Gasteiger partial charge on any atom is 0.379 e. The first-order chi connectivity index (χ1) is 3.12. The molecule has 0 radical (unpaired) electrons. The van der Waals surface area contributed by atoms with E-state index in [2.05, 4.69) is 4.85 Å². The van der Waals surface area contributed by atoms with Crippen molar-refractivity contribution in [3.63, 3.8) is 0 Å². The monoisotopic (exact) mass is 100 g/mol. The van der Waals surface area contributed by atoms with Gasteiger partial charge in [0.2, 0.25) is 0 Å². The molecule has 1 unspecified atom stereocenters. The Balaban J connectivity index is 3.66. The number of aliphatic hydroxyl groups is 1. The molecule has 0 aromatic heterocycles. The molecule has 0 bridgehead atoms. The van der Waals surface area contributed by atoms with Gasteiger partial charge >= 0.3 is 5.72 Å². The summed E-state index contributed by atoms with van der Waals surface area (Å²) in [7, 11) is 0. The maximum atomic E-state index is 8.84. The van der Waals surface area contributed by atoms with Crippen LogP contribution in [0.15, 0.2) is 0 Å². The molecular weight excluding hydrogens is 90.1 g/mol. The van der Waals surface area contributed by atoms with Crippen molar-refractivity contribution in [2.24, 2.45) is 0 Å². The highest BCUT2D eigenvalue weighted by Crippen LogP contribution is 2.07. The average Bonchev–Trinajstić information content (AvgIpc) is 1.68. The zero-order chi connectivity index (χ0) is 5.91. The van der Waals surface area contributed by atoms with E-state index < -0.39 is 5.72 Å². The van der Waals surface area contributed by atoms with E-state index in [9.17, 15) is 0 Å². The van der Waals surface area contributed by atoms with Crippen LogP contribution in [-0.4, -0.2) is 10.8 Å². The van der Waals surface area contributed by atoms with Crippen LogP contribution < -0.4 is 0 Å². The second-order valence-electron chi connectivity index (χ2n) is 1.70. The number of hydrogen-bond donors (Lipinski definition) is 1. The summed E-state index contributed by atoms with van der Waals surface area (Å²) in [6.45, 7) is 8.17. The standard InChI is InChI=1S/C5H10NO/c1-4-5(2,7)6-3/h3,7H,4H2,1-2H3/q+1. The highest BCUT2D eigenvalue weighted by atomic mass is 16.3. The fraction of sp³-hybridized carbons (Fsp3) is 0.800. The lowest BCUT2D eigenvalue weighted by atomic mass is 10.2. The summed E-state index contributed by atoms with van der Waals surface area (Å²) in [6.07, 6.45) is 0.559. The molecule has 40 valence electrons. The second-order valence-corrected chi connectivity index (χ2v) is 1.70. The van der Waals surface area contributed by atoms with Crippen molar-refractivity contribution in [3.05, 3.63) is 4.85 Å². The lowest BCUT2D eigenvalue weighted by Gasteiger charge is -1.96. The Labute approximate surface area is 43.6 Å². The van der Waals surface area contributed by atoms with Crippen molar-refractivity contribution in [3.8, 4) is 6.57 Å². The molecule has 0 heterocycles. The predicted octanol–water partition coefficient (Wildman–Crippen LogP) is 1.07. The normalized spacial score (nSPS) is 17.4. The summed E-state index contributed by atoms with van der Waals surface area (Å²) >= 11 is 0. The van der Waals surface area contributed by atoms with E-state index in [4.69, 9.17) is 11.7 Å². The van der Waals surface area contributed by atoms with Gasteiger partial charge in [-0.25, -0.2) is 0 Å². The molecule has 0 rings (SSSR count). The van der Waals surface area contributed by atoms with Gasteiger partial charge in [0, 0.05) is 6.92 Å². The summed E-state index contributed by atoms with van der Waals surface area (Å²) < 4.78 is 0. The minimum Gasteiger partial charge on any atom is -0.321 e. The zero-order valence-electron chi connectivity index (χ0n) is 4.68. The number of hydrogen-bond acceptors (Lipinski definition) is 1. The van der Waals surface area contributed by atoms with Gasteiger partial charge in [-0.05, 0) is 4.85 Å². The summed E-state index contributed by atoms with van der Waals surface area (Å²) in [5.74, 6) is 0. The molecule has 1 N–H and O–H groups in total. The third-order valence-corrected chi connectivity index (χ3v) is 0.948. The molecule has 0 aromatic rings. The first kappa shape index (κ1) is 6.45. The molecule has 0 saturated carbocycles. The van der Waals surface area contributed by atoms with Crippen LogP contribution >= 0.6 is 0 Å². The zero-order valence-corrected chi connectivity index (χ0v) is 4.68. The first-order valence-electron chi connectivity index (χ1n) is 2.27. The van der Waals surface area contributed by atoms with Crippen molar-refractivity contribution < 1.29 is 5.11 Å². The van der Waals surface area contributed by atoms with Gasteiger partial charge in [0.25, 0.3) is 6.57 Å². The third-order valence-electron chi connectivity index (χ3n) is 0.948.